The molecule has 0 radical (unpaired) electrons. The van der Waals surface area contributed by atoms with Gasteiger partial charge in [0.25, 0.3) is 0 Å². The molecule has 1 aliphatic heterocycles. The molecule has 2 aliphatic rings. The van der Waals surface area contributed by atoms with Gasteiger partial charge in [-0.25, -0.2) is 0 Å². The minimum atomic E-state index is -0.613. The van der Waals surface area contributed by atoms with Gasteiger partial charge in [-0.1, -0.05) is 35.9 Å². The van der Waals surface area contributed by atoms with E-state index in [1.165, 1.54) is 7.11 Å². The van der Waals surface area contributed by atoms with Gasteiger partial charge in [0, 0.05) is 12.1 Å². The summed E-state index contributed by atoms with van der Waals surface area (Å²) in [6.07, 6.45) is 2.75. The third kappa shape index (κ3) is 2.56. The van der Waals surface area contributed by atoms with E-state index in [2.05, 4.69) is 0 Å². The molecular formula is C19H23NO3. The van der Waals surface area contributed by atoms with E-state index in [0.29, 0.717) is 6.42 Å². The first-order chi connectivity index (χ1) is 11.0. The number of esters is 1. The zero-order valence-corrected chi connectivity index (χ0v) is 14.0. The first kappa shape index (κ1) is 15.8. The van der Waals surface area contributed by atoms with Gasteiger partial charge < -0.3 is 9.64 Å². The molecule has 4 heteroatoms. The van der Waals surface area contributed by atoms with Crippen LogP contribution in [-0.2, 0) is 14.3 Å². The fourth-order valence-corrected chi connectivity index (χ4v) is 3.65. The summed E-state index contributed by atoms with van der Waals surface area (Å²) >= 11 is 0. The number of carbonyl (C=O) groups is 2. The number of carbonyl (C=O) groups excluding carboxylic acids is 2. The summed E-state index contributed by atoms with van der Waals surface area (Å²) in [4.78, 5) is 26.9. The Morgan fingerprint density at radius 3 is 2.43 bits per heavy atom. The maximum Gasteiger partial charge on any atom is 0.317 e. The summed E-state index contributed by atoms with van der Waals surface area (Å²) < 4.78 is 5.04. The van der Waals surface area contributed by atoms with Gasteiger partial charge >= 0.3 is 5.97 Å². The van der Waals surface area contributed by atoms with Crippen LogP contribution in [0.25, 0.3) is 0 Å². The van der Waals surface area contributed by atoms with Gasteiger partial charge in [0.2, 0.25) is 5.91 Å². The van der Waals surface area contributed by atoms with E-state index in [1.807, 2.05) is 49.1 Å². The third-order valence-electron chi connectivity index (χ3n) is 5.08. The summed E-state index contributed by atoms with van der Waals surface area (Å²) in [6, 6.07) is 9.88. The molecule has 3 rings (SSSR count). The minimum absolute atomic E-state index is 0.0870. The lowest BCUT2D eigenvalue weighted by molar-refractivity contribution is -0.147. The van der Waals surface area contributed by atoms with Crippen LogP contribution in [0.4, 0.5) is 0 Å². The van der Waals surface area contributed by atoms with Gasteiger partial charge in [0.15, 0.2) is 0 Å². The standard InChI is InChI=1S/C19H23NO3/c1-13-9-10-16(21)20(14(2)15-7-5-4-6-8-15)17(13)19(11-12-19)18(22)23-3/h4-8,14H,9-12H2,1-3H3/t14-/m0/s1. The first-order valence-corrected chi connectivity index (χ1v) is 8.17. The topological polar surface area (TPSA) is 46.6 Å². The van der Waals surface area contributed by atoms with E-state index >= 15 is 0 Å². The van der Waals surface area contributed by atoms with E-state index in [1.54, 1.807) is 0 Å². The van der Waals surface area contributed by atoms with Crippen molar-refractivity contribution in [3.05, 3.63) is 47.2 Å². The molecule has 0 unspecified atom stereocenters. The predicted molar refractivity (Wildman–Crippen MR) is 87.3 cm³/mol. The highest BCUT2D eigenvalue weighted by atomic mass is 16.5. The van der Waals surface area contributed by atoms with Crippen LogP contribution in [0.15, 0.2) is 41.6 Å². The van der Waals surface area contributed by atoms with Gasteiger partial charge in [-0.05, 0) is 38.7 Å². The lowest BCUT2D eigenvalue weighted by Gasteiger charge is -2.39. The number of benzene rings is 1. The molecule has 122 valence electrons. The number of hydrogen-bond acceptors (Lipinski definition) is 3. The molecule has 1 atom stereocenters. The van der Waals surface area contributed by atoms with Crippen LogP contribution >= 0.6 is 0 Å². The molecule has 1 aromatic carbocycles. The van der Waals surface area contributed by atoms with Crippen molar-refractivity contribution < 1.29 is 14.3 Å². The molecule has 1 aromatic rings. The Hall–Kier alpha value is -2.10. The largest absolute Gasteiger partial charge is 0.468 e. The molecule has 0 spiro atoms. The lowest BCUT2D eigenvalue weighted by atomic mass is 9.89. The average molecular weight is 313 g/mol. The van der Waals surface area contributed by atoms with Crippen molar-refractivity contribution in [2.45, 2.75) is 45.6 Å². The van der Waals surface area contributed by atoms with Gasteiger partial charge in [-0.2, -0.15) is 0 Å². The molecule has 1 heterocycles. The Balaban J connectivity index is 2.04. The first-order valence-electron chi connectivity index (χ1n) is 8.17. The third-order valence-corrected chi connectivity index (χ3v) is 5.08. The fourth-order valence-electron chi connectivity index (χ4n) is 3.65. The molecule has 4 nitrogen and oxygen atoms in total. The van der Waals surface area contributed by atoms with Crippen molar-refractivity contribution in [1.29, 1.82) is 0 Å². The Morgan fingerprint density at radius 2 is 1.87 bits per heavy atom. The van der Waals surface area contributed by atoms with Crippen LogP contribution in [0.3, 0.4) is 0 Å². The minimum Gasteiger partial charge on any atom is -0.468 e. The normalized spacial score (nSPS) is 21.2. The Bertz CT molecular complexity index is 658. The van der Waals surface area contributed by atoms with E-state index in [9.17, 15) is 9.59 Å². The van der Waals surface area contributed by atoms with Gasteiger partial charge in [0.1, 0.15) is 5.41 Å². The predicted octanol–water partition coefficient (Wildman–Crippen LogP) is 3.60. The summed E-state index contributed by atoms with van der Waals surface area (Å²) in [5, 5.41) is 0. The van der Waals surface area contributed by atoms with Crippen LogP contribution in [0.1, 0.15) is 51.1 Å². The van der Waals surface area contributed by atoms with Crippen molar-refractivity contribution in [3.8, 4) is 0 Å². The molecule has 0 aromatic heterocycles. The van der Waals surface area contributed by atoms with E-state index in [4.69, 9.17) is 4.74 Å². The number of amides is 1. The fraction of sp³-hybridized carbons (Fsp3) is 0.474. The number of allylic oxidation sites excluding steroid dienone is 1. The SMILES string of the molecule is COC(=O)C1(C2=C(C)CCC(=O)N2[C@@H](C)c2ccccc2)CC1. The van der Waals surface area contributed by atoms with Crippen molar-refractivity contribution in [1.82, 2.24) is 4.90 Å². The number of hydrogen-bond donors (Lipinski definition) is 0. The van der Waals surface area contributed by atoms with Crippen molar-refractivity contribution in [3.63, 3.8) is 0 Å². The summed E-state index contributed by atoms with van der Waals surface area (Å²) in [7, 11) is 1.42. The zero-order chi connectivity index (χ0) is 16.6. The second kappa shape index (κ2) is 5.84. The zero-order valence-electron chi connectivity index (χ0n) is 14.0. The van der Waals surface area contributed by atoms with E-state index < -0.39 is 5.41 Å². The number of methoxy groups -OCH3 is 1. The maximum absolute atomic E-state index is 12.7. The average Bonchev–Trinajstić information content (AvgIpc) is 3.37. The number of nitrogens with zero attached hydrogens (tertiary/aromatic N) is 1. The number of ether oxygens (including phenoxy) is 1. The monoisotopic (exact) mass is 313 g/mol. The number of rotatable bonds is 4. The van der Waals surface area contributed by atoms with Crippen LogP contribution in [0, 0.1) is 5.41 Å². The molecule has 0 bridgehead atoms. The van der Waals surface area contributed by atoms with Crippen LogP contribution in [0.2, 0.25) is 0 Å². The second-order valence-corrected chi connectivity index (χ2v) is 6.55. The van der Waals surface area contributed by atoms with Crippen molar-refractivity contribution in [2.24, 2.45) is 5.41 Å². The Labute approximate surface area is 137 Å². The lowest BCUT2D eigenvalue weighted by Crippen LogP contribution is -2.42. The highest BCUT2D eigenvalue weighted by molar-refractivity contribution is 5.88. The molecule has 1 fully saturated rings. The molecule has 1 saturated carbocycles. The molecule has 1 amide bonds. The Kier molecular flexibility index (Phi) is 4.00. The van der Waals surface area contributed by atoms with E-state index in [0.717, 1.165) is 36.1 Å². The van der Waals surface area contributed by atoms with Crippen molar-refractivity contribution in [2.75, 3.05) is 7.11 Å². The second-order valence-electron chi connectivity index (χ2n) is 6.55. The quantitative estimate of drug-likeness (QED) is 0.798. The van der Waals surface area contributed by atoms with Gasteiger partial charge in [0.05, 0.1) is 13.2 Å². The van der Waals surface area contributed by atoms with Crippen molar-refractivity contribution >= 4 is 11.9 Å². The summed E-state index contributed by atoms with van der Waals surface area (Å²) in [6.45, 7) is 4.06. The molecule has 23 heavy (non-hydrogen) atoms. The maximum atomic E-state index is 12.7. The smallest absolute Gasteiger partial charge is 0.317 e. The molecule has 1 aliphatic carbocycles. The molecular weight excluding hydrogens is 290 g/mol. The Morgan fingerprint density at radius 1 is 1.22 bits per heavy atom. The van der Waals surface area contributed by atoms with E-state index in [-0.39, 0.29) is 17.9 Å². The molecule has 0 saturated heterocycles. The van der Waals surface area contributed by atoms with Gasteiger partial charge in [-0.15, -0.1) is 0 Å². The highest BCUT2D eigenvalue weighted by Gasteiger charge is 2.58. The molecule has 0 N–H and O–H groups in total. The van der Waals surface area contributed by atoms with Gasteiger partial charge in [-0.3, -0.25) is 9.59 Å². The highest BCUT2D eigenvalue weighted by Crippen LogP contribution is 2.57. The summed E-state index contributed by atoms with van der Waals surface area (Å²) in [5.74, 6) is -0.121. The van der Waals surface area contributed by atoms with Crippen LogP contribution in [0.5, 0.6) is 0 Å². The van der Waals surface area contributed by atoms with Crippen LogP contribution < -0.4 is 0 Å². The van der Waals surface area contributed by atoms with Crippen LogP contribution in [-0.4, -0.2) is 23.9 Å². The summed E-state index contributed by atoms with van der Waals surface area (Å²) in [5.41, 5.74) is 2.48.